The molecule has 0 aliphatic heterocycles. The van der Waals surface area contributed by atoms with Crippen molar-refractivity contribution in [1.29, 1.82) is 0 Å². The molecule has 0 spiro atoms. The SMILES string of the molecule is C[C@@H]1[C@@H](OC(=O)NC/C=C/CN)C[C@@H]1c1ccccc1. The van der Waals surface area contributed by atoms with E-state index in [1.807, 2.05) is 24.3 Å². The minimum absolute atomic E-state index is 0.0127. The molecule has 1 saturated carbocycles. The summed E-state index contributed by atoms with van der Waals surface area (Å²) in [6, 6.07) is 10.4. The van der Waals surface area contributed by atoms with Crippen LogP contribution in [0.3, 0.4) is 0 Å². The minimum atomic E-state index is -0.352. The maximum absolute atomic E-state index is 11.6. The summed E-state index contributed by atoms with van der Waals surface area (Å²) in [7, 11) is 0. The van der Waals surface area contributed by atoms with Gasteiger partial charge in [0, 0.05) is 19.0 Å². The van der Waals surface area contributed by atoms with Gasteiger partial charge in [0.2, 0.25) is 0 Å². The van der Waals surface area contributed by atoms with Crippen LogP contribution in [0, 0.1) is 5.92 Å². The summed E-state index contributed by atoms with van der Waals surface area (Å²) in [4.78, 5) is 11.6. The second-order valence-corrected chi connectivity index (χ2v) is 5.14. The second-order valence-electron chi connectivity index (χ2n) is 5.14. The summed E-state index contributed by atoms with van der Waals surface area (Å²) in [6.45, 7) is 3.07. The summed E-state index contributed by atoms with van der Waals surface area (Å²) < 4.78 is 5.42. The van der Waals surface area contributed by atoms with Crippen molar-refractivity contribution in [2.75, 3.05) is 13.1 Å². The molecule has 0 bridgehead atoms. The fourth-order valence-electron chi connectivity index (χ4n) is 2.54. The molecule has 0 saturated heterocycles. The van der Waals surface area contributed by atoms with Crippen molar-refractivity contribution in [1.82, 2.24) is 5.32 Å². The molecule has 3 N–H and O–H groups in total. The highest BCUT2D eigenvalue weighted by Gasteiger charge is 2.41. The quantitative estimate of drug-likeness (QED) is 0.810. The number of hydrogen-bond acceptors (Lipinski definition) is 3. The molecule has 108 valence electrons. The van der Waals surface area contributed by atoms with Crippen molar-refractivity contribution in [2.24, 2.45) is 11.7 Å². The van der Waals surface area contributed by atoms with Crippen molar-refractivity contribution in [3.63, 3.8) is 0 Å². The van der Waals surface area contributed by atoms with Gasteiger partial charge in [-0.25, -0.2) is 4.79 Å². The molecule has 2 rings (SSSR count). The molecular formula is C16H22N2O2. The Labute approximate surface area is 120 Å². The standard InChI is InChI=1S/C16H22N2O2/c1-12-14(13-7-3-2-4-8-13)11-15(12)20-16(19)18-10-6-5-9-17/h2-8,12,14-15H,9-11,17H2,1H3,(H,18,19)/b6-5+/t12-,14-,15-/m0/s1. The van der Waals surface area contributed by atoms with Gasteiger partial charge in [0.15, 0.2) is 0 Å². The monoisotopic (exact) mass is 274 g/mol. The van der Waals surface area contributed by atoms with Crippen LogP contribution in [0.2, 0.25) is 0 Å². The average molecular weight is 274 g/mol. The number of nitrogens with one attached hydrogen (secondary N) is 1. The lowest BCUT2D eigenvalue weighted by Gasteiger charge is -2.42. The summed E-state index contributed by atoms with van der Waals surface area (Å²) in [6.07, 6.45) is 4.18. The molecular weight excluding hydrogens is 252 g/mol. The Morgan fingerprint density at radius 2 is 2.15 bits per heavy atom. The molecule has 1 aromatic carbocycles. The Balaban J connectivity index is 1.74. The molecule has 0 radical (unpaired) electrons. The van der Waals surface area contributed by atoms with E-state index in [1.54, 1.807) is 6.08 Å². The van der Waals surface area contributed by atoms with Crippen molar-refractivity contribution in [3.05, 3.63) is 48.0 Å². The third-order valence-electron chi connectivity index (χ3n) is 3.86. The third kappa shape index (κ3) is 3.61. The van der Waals surface area contributed by atoms with Gasteiger partial charge >= 0.3 is 6.09 Å². The zero-order chi connectivity index (χ0) is 14.4. The number of benzene rings is 1. The van der Waals surface area contributed by atoms with Crippen LogP contribution in [0.25, 0.3) is 0 Å². The number of amides is 1. The first-order chi connectivity index (χ1) is 9.72. The maximum Gasteiger partial charge on any atom is 0.407 e. The molecule has 0 unspecified atom stereocenters. The second kappa shape index (κ2) is 7.10. The van der Waals surface area contributed by atoms with E-state index in [0.29, 0.717) is 24.9 Å². The summed E-state index contributed by atoms with van der Waals surface area (Å²) in [5.41, 5.74) is 6.64. The van der Waals surface area contributed by atoms with E-state index in [9.17, 15) is 4.79 Å². The van der Waals surface area contributed by atoms with Gasteiger partial charge in [-0.2, -0.15) is 0 Å². The zero-order valence-electron chi connectivity index (χ0n) is 11.8. The van der Waals surface area contributed by atoms with Gasteiger partial charge in [-0.3, -0.25) is 0 Å². The van der Waals surface area contributed by atoms with E-state index in [2.05, 4.69) is 24.4 Å². The number of alkyl carbamates (subject to hydrolysis) is 1. The third-order valence-corrected chi connectivity index (χ3v) is 3.86. The Kier molecular flexibility index (Phi) is 5.18. The Bertz CT molecular complexity index is 459. The predicted molar refractivity (Wildman–Crippen MR) is 79.4 cm³/mol. The fourth-order valence-corrected chi connectivity index (χ4v) is 2.54. The van der Waals surface area contributed by atoms with Gasteiger partial charge in [0.05, 0.1) is 0 Å². The Morgan fingerprint density at radius 1 is 1.40 bits per heavy atom. The largest absolute Gasteiger partial charge is 0.446 e. The summed E-state index contributed by atoms with van der Waals surface area (Å²) >= 11 is 0. The van der Waals surface area contributed by atoms with Crippen molar-refractivity contribution >= 4 is 6.09 Å². The molecule has 1 aliphatic carbocycles. The lowest BCUT2D eigenvalue weighted by Crippen LogP contribution is -2.43. The molecule has 4 nitrogen and oxygen atoms in total. The summed E-state index contributed by atoms with van der Waals surface area (Å²) in [5, 5.41) is 2.69. The number of hydrogen-bond donors (Lipinski definition) is 2. The average Bonchev–Trinajstić information content (AvgIpc) is 2.48. The number of nitrogens with two attached hydrogens (primary N) is 1. The predicted octanol–water partition coefficient (Wildman–Crippen LogP) is 2.42. The number of rotatable bonds is 5. The van der Waals surface area contributed by atoms with Crippen LogP contribution >= 0.6 is 0 Å². The van der Waals surface area contributed by atoms with E-state index in [0.717, 1.165) is 6.42 Å². The Hall–Kier alpha value is -1.81. The first-order valence-electron chi connectivity index (χ1n) is 7.07. The first kappa shape index (κ1) is 14.6. The highest BCUT2D eigenvalue weighted by molar-refractivity contribution is 5.67. The smallest absolute Gasteiger partial charge is 0.407 e. The highest BCUT2D eigenvalue weighted by atomic mass is 16.6. The first-order valence-corrected chi connectivity index (χ1v) is 7.07. The van der Waals surface area contributed by atoms with Gasteiger partial charge in [-0.05, 0) is 17.9 Å². The summed E-state index contributed by atoms with van der Waals surface area (Å²) in [5.74, 6) is 0.855. The van der Waals surface area contributed by atoms with E-state index in [4.69, 9.17) is 10.5 Å². The van der Waals surface area contributed by atoms with E-state index in [1.165, 1.54) is 5.56 Å². The van der Waals surface area contributed by atoms with Crippen LogP contribution in [0.1, 0.15) is 24.8 Å². The lowest BCUT2D eigenvalue weighted by molar-refractivity contribution is -0.00721. The molecule has 20 heavy (non-hydrogen) atoms. The van der Waals surface area contributed by atoms with Crippen molar-refractivity contribution in [3.8, 4) is 0 Å². The topological polar surface area (TPSA) is 64.3 Å². The van der Waals surface area contributed by atoms with Crippen LogP contribution in [-0.2, 0) is 4.74 Å². The van der Waals surface area contributed by atoms with Crippen LogP contribution in [0.4, 0.5) is 4.79 Å². The number of carbonyl (C=O) groups is 1. The molecule has 1 amide bonds. The van der Waals surface area contributed by atoms with Gasteiger partial charge in [0.1, 0.15) is 6.10 Å². The minimum Gasteiger partial charge on any atom is -0.446 e. The highest BCUT2D eigenvalue weighted by Crippen LogP contribution is 2.44. The molecule has 0 aromatic heterocycles. The van der Waals surface area contributed by atoms with Crippen LogP contribution < -0.4 is 11.1 Å². The fraction of sp³-hybridized carbons (Fsp3) is 0.438. The van der Waals surface area contributed by atoms with Crippen molar-refractivity contribution < 1.29 is 9.53 Å². The molecule has 0 heterocycles. The number of ether oxygens (including phenoxy) is 1. The molecule has 1 fully saturated rings. The van der Waals surface area contributed by atoms with E-state index >= 15 is 0 Å². The number of carbonyl (C=O) groups excluding carboxylic acids is 1. The van der Waals surface area contributed by atoms with E-state index in [-0.39, 0.29) is 12.2 Å². The molecule has 4 heteroatoms. The lowest BCUT2D eigenvalue weighted by atomic mass is 9.68. The molecule has 1 aromatic rings. The zero-order valence-corrected chi connectivity index (χ0v) is 11.8. The maximum atomic E-state index is 11.6. The van der Waals surface area contributed by atoms with E-state index < -0.39 is 0 Å². The van der Waals surface area contributed by atoms with Crippen LogP contribution in [0.15, 0.2) is 42.5 Å². The van der Waals surface area contributed by atoms with Crippen LogP contribution in [0.5, 0.6) is 0 Å². The molecule has 1 aliphatic rings. The molecule has 3 atom stereocenters. The van der Waals surface area contributed by atoms with Gasteiger partial charge < -0.3 is 15.8 Å². The Morgan fingerprint density at radius 3 is 2.80 bits per heavy atom. The van der Waals surface area contributed by atoms with Gasteiger partial charge in [-0.1, -0.05) is 49.4 Å². The van der Waals surface area contributed by atoms with Crippen LogP contribution in [-0.4, -0.2) is 25.3 Å². The van der Waals surface area contributed by atoms with Gasteiger partial charge in [0.25, 0.3) is 0 Å². The van der Waals surface area contributed by atoms with Gasteiger partial charge in [-0.15, -0.1) is 0 Å². The van der Waals surface area contributed by atoms with Crippen molar-refractivity contribution in [2.45, 2.75) is 25.4 Å². The normalized spacial score (nSPS) is 25.2.